The van der Waals surface area contributed by atoms with E-state index < -0.39 is 5.60 Å². The summed E-state index contributed by atoms with van der Waals surface area (Å²) in [6.07, 6.45) is 5.06. The third-order valence-corrected chi connectivity index (χ3v) is 2.21. The summed E-state index contributed by atoms with van der Waals surface area (Å²) in [7, 11) is 0. The maximum absolute atomic E-state index is 12.0. The zero-order valence-electron chi connectivity index (χ0n) is 11.5. The molecule has 0 heterocycles. The van der Waals surface area contributed by atoms with Gasteiger partial charge in [-0.25, -0.2) is 4.79 Å². The summed E-state index contributed by atoms with van der Waals surface area (Å²) in [4.78, 5) is 13.7. The first-order valence-corrected chi connectivity index (χ1v) is 6.08. The molecule has 0 rings (SSSR count). The topological polar surface area (TPSA) is 29.5 Å². The molecule has 1 atom stereocenters. The number of amides is 1. The number of nitrogens with zero attached hydrogens (tertiary/aromatic N) is 1. The standard InChI is InChI=1S/C14H25NO2/c1-7-10-12(9-3)15(11-8-2)13(16)17-14(4,5)6/h8-9,12H,2-3,7,10-11H2,1,4-6H3. The molecule has 0 spiro atoms. The Morgan fingerprint density at radius 2 is 2.00 bits per heavy atom. The van der Waals surface area contributed by atoms with Crippen LogP contribution >= 0.6 is 0 Å². The van der Waals surface area contributed by atoms with Gasteiger partial charge in [-0.05, 0) is 27.2 Å². The molecule has 0 fully saturated rings. The number of hydrogen-bond acceptors (Lipinski definition) is 2. The van der Waals surface area contributed by atoms with E-state index in [0.29, 0.717) is 6.54 Å². The molecule has 0 aromatic rings. The molecular formula is C14H25NO2. The quantitative estimate of drug-likeness (QED) is 0.660. The lowest BCUT2D eigenvalue weighted by atomic mass is 10.1. The Balaban J connectivity index is 4.75. The van der Waals surface area contributed by atoms with Gasteiger partial charge in [0.2, 0.25) is 0 Å². The van der Waals surface area contributed by atoms with Crippen LogP contribution in [0.15, 0.2) is 25.3 Å². The SMILES string of the molecule is C=CCN(C(=O)OC(C)(C)C)C(C=C)CCC. The van der Waals surface area contributed by atoms with Crippen molar-refractivity contribution in [3.63, 3.8) is 0 Å². The summed E-state index contributed by atoms with van der Waals surface area (Å²) < 4.78 is 5.37. The van der Waals surface area contributed by atoms with Crippen LogP contribution < -0.4 is 0 Å². The van der Waals surface area contributed by atoms with Crippen molar-refractivity contribution in [2.75, 3.05) is 6.54 Å². The van der Waals surface area contributed by atoms with Gasteiger partial charge < -0.3 is 4.74 Å². The van der Waals surface area contributed by atoms with Crippen molar-refractivity contribution in [2.24, 2.45) is 0 Å². The van der Waals surface area contributed by atoms with Crippen LogP contribution in [-0.4, -0.2) is 29.2 Å². The van der Waals surface area contributed by atoms with E-state index in [1.807, 2.05) is 20.8 Å². The molecule has 0 aliphatic carbocycles. The first kappa shape index (κ1) is 15.8. The van der Waals surface area contributed by atoms with Crippen LogP contribution in [0, 0.1) is 0 Å². The Hall–Kier alpha value is -1.25. The van der Waals surface area contributed by atoms with E-state index in [1.165, 1.54) is 0 Å². The largest absolute Gasteiger partial charge is 0.444 e. The van der Waals surface area contributed by atoms with Crippen molar-refractivity contribution in [2.45, 2.75) is 52.2 Å². The van der Waals surface area contributed by atoms with Crippen molar-refractivity contribution < 1.29 is 9.53 Å². The van der Waals surface area contributed by atoms with Crippen molar-refractivity contribution in [3.05, 3.63) is 25.3 Å². The second-order valence-electron chi connectivity index (χ2n) is 5.01. The average molecular weight is 239 g/mol. The second-order valence-corrected chi connectivity index (χ2v) is 5.01. The van der Waals surface area contributed by atoms with Crippen molar-refractivity contribution in [1.29, 1.82) is 0 Å². The van der Waals surface area contributed by atoms with E-state index in [1.54, 1.807) is 17.1 Å². The Labute approximate surface area is 105 Å². The van der Waals surface area contributed by atoms with Gasteiger partial charge >= 0.3 is 6.09 Å². The van der Waals surface area contributed by atoms with Crippen molar-refractivity contribution in [3.8, 4) is 0 Å². The van der Waals surface area contributed by atoms with Gasteiger partial charge in [0.1, 0.15) is 5.60 Å². The number of carbonyl (C=O) groups is 1. The molecule has 0 radical (unpaired) electrons. The molecule has 0 aliphatic rings. The van der Waals surface area contributed by atoms with Crippen molar-refractivity contribution >= 4 is 6.09 Å². The molecule has 3 heteroatoms. The molecular weight excluding hydrogens is 214 g/mol. The maximum atomic E-state index is 12.0. The molecule has 98 valence electrons. The molecule has 17 heavy (non-hydrogen) atoms. The predicted molar refractivity (Wildman–Crippen MR) is 72.0 cm³/mol. The second kappa shape index (κ2) is 7.15. The molecule has 0 saturated carbocycles. The van der Waals surface area contributed by atoms with Gasteiger partial charge in [-0.3, -0.25) is 4.90 Å². The zero-order chi connectivity index (χ0) is 13.5. The molecule has 0 aromatic heterocycles. The predicted octanol–water partition coefficient (Wildman–Crippen LogP) is 3.76. The molecule has 0 N–H and O–H groups in total. The summed E-state index contributed by atoms with van der Waals surface area (Å²) in [6.45, 7) is 15.6. The Bertz CT molecular complexity index is 266. The van der Waals surface area contributed by atoms with E-state index >= 15 is 0 Å². The van der Waals surface area contributed by atoms with Crippen LogP contribution in [0.3, 0.4) is 0 Å². The van der Waals surface area contributed by atoms with Gasteiger partial charge in [0.25, 0.3) is 0 Å². The van der Waals surface area contributed by atoms with E-state index in [2.05, 4.69) is 20.1 Å². The molecule has 0 bridgehead atoms. The lowest BCUT2D eigenvalue weighted by Gasteiger charge is -2.31. The van der Waals surface area contributed by atoms with Crippen LogP contribution in [0.4, 0.5) is 4.79 Å². The Kier molecular flexibility index (Phi) is 6.62. The van der Waals surface area contributed by atoms with Gasteiger partial charge in [-0.15, -0.1) is 13.2 Å². The normalized spacial score (nSPS) is 12.7. The van der Waals surface area contributed by atoms with Crippen LogP contribution in [0.5, 0.6) is 0 Å². The maximum Gasteiger partial charge on any atom is 0.411 e. The smallest absolute Gasteiger partial charge is 0.411 e. The molecule has 0 aliphatic heterocycles. The third-order valence-electron chi connectivity index (χ3n) is 2.21. The first-order valence-electron chi connectivity index (χ1n) is 6.08. The number of carbonyl (C=O) groups excluding carboxylic acids is 1. The van der Waals surface area contributed by atoms with Crippen LogP contribution in [0.25, 0.3) is 0 Å². The van der Waals surface area contributed by atoms with Gasteiger partial charge in [0.15, 0.2) is 0 Å². The third kappa shape index (κ3) is 6.15. The van der Waals surface area contributed by atoms with Gasteiger partial charge in [0.05, 0.1) is 6.04 Å². The van der Waals surface area contributed by atoms with Crippen LogP contribution in [-0.2, 0) is 4.74 Å². The lowest BCUT2D eigenvalue weighted by Crippen LogP contribution is -2.42. The van der Waals surface area contributed by atoms with Crippen LogP contribution in [0.1, 0.15) is 40.5 Å². The summed E-state index contributed by atoms with van der Waals surface area (Å²) in [6, 6.07) is 0.00727. The fraction of sp³-hybridized carbons (Fsp3) is 0.643. The monoisotopic (exact) mass is 239 g/mol. The van der Waals surface area contributed by atoms with Gasteiger partial charge in [-0.1, -0.05) is 25.5 Å². The highest BCUT2D eigenvalue weighted by atomic mass is 16.6. The average Bonchev–Trinajstić information content (AvgIpc) is 2.20. The van der Waals surface area contributed by atoms with Gasteiger partial charge in [0, 0.05) is 6.54 Å². The van der Waals surface area contributed by atoms with E-state index in [-0.39, 0.29) is 12.1 Å². The zero-order valence-corrected chi connectivity index (χ0v) is 11.5. The highest BCUT2D eigenvalue weighted by molar-refractivity contribution is 5.69. The van der Waals surface area contributed by atoms with E-state index in [9.17, 15) is 4.79 Å². The molecule has 0 aromatic carbocycles. The minimum atomic E-state index is -0.478. The fourth-order valence-electron chi connectivity index (χ4n) is 1.50. The summed E-state index contributed by atoms with van der Waals surface area (Å²) in [5.41, 5.74) is -0.478. The first-order chi connectivity index (χ1) is 7.85. The lowest BCUT2D eigenvalue weighted by molar-refractivity contribution is 0.0218. The summed E-state index contributed by atoms with van der Waals surface area (Å²) in [5, 5.41) is 0. The highest BCUT2D eigenvalue weighted by Crippen LogP contribution is 2.15. The Morgan fingerprint density at radius 3 is 2.35 bits per heavy atom. The summed E-state index contributed by atoms with van der Waals surface area (Å²) in [5.74, 6) is 0. The molecule has 1 amide bonds. The molecule has 3 nitrogen and oxygen atoms in total. The number of rotatable bonds is 6. The van der Waals surface area contributed by atoms with E-state index in [0.717, 1.165) is 12.8 Å². The Morgan fingerprint density at radius 1 is 1.41 bits per heavy atom. The van der Waals surface area contributed by atoms with Crippen molar-refractivity contribution in [1.82, 2.24) is 4.90 Å². The number of hydrogen-bond donors (Lipinski definition) is 0. The molecule has 1 unspecified atom stereocenters. The minimum Gasteiger partial charge on any atom is -0.444 e. The number of ether oxygens (including phenoxy) is 1. The minimum absolute atomic E-state index is 0.00727. The molecule has 0 saturated heterocycles. The fourth-order valence-corrected chi connectivity index (χ4v) is 1.50. The summed E-state index contributed by atoms with van der Waals surface area (Å²) >= 11 is 0. The highest BCUT2D eigenvalue weighted by Gasteiger charge is 2.25. The van der Waals surface area contributed by atoms with Gasteiger partial charge in [-0.2, -0.15) is 0 Å². The van der Waals surface area contributed by atoms with Crippen LogP contribution in [0.2, 0.25) is 0 Å². The van der Waals surface area contributed by atoms with E-state index in [4.69, 9.17) is 4.74 Å².